The highest BCUT2D eigenvalue weighted by Gasteiger charge is 2.26. The van der Waals surface area contributed by atoms with Crippen molar-refractivity contribution in [1.82, 2.24) is 19.9 Å². The van der Waals surface area contributed by atoms with Crippen LogP contribution >= 0.6 is 0 Å². The molecular formula is C22H20N4. The average Bonchev–Trinajstić information content (AvgIpc) is 3.11. The maximum atomic E-state index is 4.44. The van der Waals surface area contributed by atoms with Crippen LogP contribution in [0.15, 0.2) is 67.1 Å². The topological polar surface area (TPSA) is 44.8 Å². The predicted octanol–water partition coefficient (Wildman–Crippen LogP) is 4.20. The molecule has 4 heteroatoms. The summed E-state index contributed by atoms with van der Waals surface area (Å²) in [5.41, 5.74) is 7.31. The van der Waals surface area contributed by atoms with Crippen molar-refractivity contribution in [2.75, 3.05) is 13.6 Å². The van der Waals surface area contributed by atoms with Crippen molar-refractivity contribution in [1.29, 1.82) is 0 Å². The van der Waals surface area contributed by atoms with Crippen LogP contribution in [0.2, 0.25) is 0 Å². The zero-order chi connectivity index (χ0) is 17.5. The van der Waals surface area contributed by atoms with E-state index in [1.807, 2.05) is 6.20 Å². The Balaban J connectivity index is 1.59. The predicted molar refractivity (Wildman–Crippen MR) is 104 cm³/mol. The SMILES string of the molecule is CN1Cc2cc(-c3cnccn3)ccc2C(c2cc3ccccc3[nH]2)C1. The lowest BCUT2D eigenvalue weighted by molar-refractivity contribution is 0.294. The Morgan fingerprint density at radius 1 is 1.08 bits per heavy atom. The fraction of sp³-hybridized carbons (Fsp3) is 0.182. The molecule has 1 aliphatic heterocycles. The van der Waals surface area contributed by atoms with E-state index < -0.39 is 0 Å². The van der Waals surface area contributed by atoms with Crippen LogP contribution in [0.3, 0.4) is 0 Å². The van der Waals surface area contributed by atoms with E-state index in [0.717, 1.165) is 24.3 Å². The number of fused-ring (bicyclic) bond motifs is 2. The molecule has 1 aliphatic rings. The number of aromatic nitrogens is 3. The van der Waals surface area contributed by atoms with Gasteiger partial charge in [0.15, 0.2) is 0 Å². The van der Waals surface area contributed by atoms with Crippen LogP contribution in [0.25, 0.3) is 22.2 Å². The number of rotatable bonds is 2. The largest absolute Gasteiger partial charge is 0.358 e. The van der Waals surface area contributed by atoms with E-state index in [2.05, 4.69) is 75.4 Å². The van der Waals surface area contributed by atoms with Gasteiger partial charge in [-0.1, -0.05) is 30.3 Å². The second kappa shape index (κ2) is 6.07. The molecule has 0 saturated carbocycles. The zero-order valence-corrected chi connectivity index (χ0v) is 14.7. The van der Waals surface area contributed by atoms with Gasteiger partial charge in [-0.15, -0.1) is 0 Å². The molecule has 5 rings (SSSR count). The maximum absolute atomic E-state index is 4.44. The molecule has 2 aromatic carbocycles. The lowest BCUT2D eigenvalue weighted by Crippen LogP contribution is -2.31. The summed E-state index contributed by atoms with van der Waals surface area (Å²) in [6.45, 7) is 1.98. The Hall–Kier alpha value is -2.98. The van der Waals surface area contributed by atoms with Gasteiger partial charge in [-0.25, -0.2) is 0 Å². The molecule has 1 unspecified atom stereocenters. The van der Waals surface area contributed by atoms with Gasteiger partial charge in [0, 0.05) is 48.2 Å². The third kappa shape index (κ3) is 2.59. The van der Waals surface area contributed by atoms with Gasteiger partial charge < -0.3 is 9.88 Å². The van der Waals surface area contributed by atoms with Gasteiger partial charge >= 0.3 is 0 Å². The van der Waals surface area contributed by atoms with Crippen LogP contribution < -0.4 is 0 Å². The highest BCUT2D eigenvalue weighted by Crippen LogP contribution is 2.35. The Labute approximate surface area is 152 Å². The van der Waals surface area contributed by atoms with E-state index in [9.17, 15) is 0 Å². The number of para-hydroxylation sites is 1. The molecule has 4 nitrogen and oxygen atoms in total. The summed E-state index contributed by atoms with van der Waals surface area (Å²) in [5, 5.41) is 1.27. The van der Waals surface area contributed by atoms with Gasteiger partial charge in [-0.05, 0) is 41.8 Å². The average molecular weight is 340 g/mol. The minimum atomic E-state index is 0.354. The standard InChI is InChI=1S/C22H20N4/c1-26-13-17-10-16(22-12-23-8-9-24-22)6-7-18(17)19(14-26)21-11-15-4-2-3-5-20(15)25-21/h2-12,19,25H,13-14H2,1H3. The third-order valence-electron chi connectivity index (χ3n) is 5.24. The Bertz CT molecular complexity index is 1030. The summed E-state index contributed by atoms with van der Waals surface area (Å²) in [6, 6.07) is 17.5. The number of nitrogens with one attached hydrogen (secondary N) is 1. The van der Waals surface area contributed by atoms with Crippen LogP contribution in [0.5, 0.6) is 0 Å². The molecule has 4 aromatic rings. The second-order valence-corrected chi connectivity index (χ2v) is 7.07. The highest BCUT2D eigenvalue weighted by molar-refractivity contribution is 5.80. The summed E-state index contributed by atoms with van der Waals surface area (Å²) in [6.07, 6.45) is 5.28. The molecule has 128 valence electrons. The number of H-pyrrole nitrogens is 1. The van der Waals surface area contributed by atoms with E-state index in [4.69, 9.17) is 0 Å². The molecule has 2 aromatic heterocycles. The van der Waals surface area contributed by atoms with Crippen molar-refractivity contribution in [2.24, 2.45) is 0 Å². The number of hydrogen-bond acceptors (Lipinski definition) is 3. The number of nitrogens with zero attached hydrogens (tertiary/aromatic N) is 3. The van der Waals surface area contributed by atoms with Crippen LogP contribution in [0.4, 0.5) is 0 Å². The summed E-state index contributed by atoms with van der Waals surface area (Å²) >= 11 is 0. The fourth-order valence-corrected chi connectivity index (χ4v) is 4.00. The molecule has 1 atom stereocenters. The quantitative estimate of drug-likeness (QED) is 0.595. The summed E-state index contributed by atoms with van der Waals surface area (Å²) in [7, 11) is 2.19. The maximum Gasteiger partial charge on any atom is 0.0885 e. The van der Waals surface area contributed by atoms with E-state index >= 15 is 0 Å². The molecule has 3 heterocycles. The molecule has 1 N–H and O–H groups in total. The van der Waals surface area contributed by atoms with E-state index in [1.165, 1.54) is 27.7 Å². The first-order valence-electron chi connectivity index (χ1n) is 8.93. The van der Waals surface area contributed by atoms with Gasteiger partial charge in [0.05, 0.1) is 11.9 Å². The molecule has 0 bridgehead atoms. The first kappa shape index (κ1) is 15.3. The number of benzene rings is 2. The van der Waals surface area contributed by atoms with Crippen LogP contribution in [-0.4, -0.2) is 33.4 Å². The van der Waals surface area contributed by atoms with Crippen molar-refractivity contribution >= 4 is 10.9 Å². The number of hydrogen-bond donors (Lipinski definition) is 1. The number of aromatic amines is 1. The summed E-state index contributed by atoms with van der Waals surface area (Å²) in [4.78, 5) is 14.6. The zero-order valence-electron chi connectivity index (χ0n) is 14.7. The molecule has 0 fully saturated rings. The monoisotopic (exact) mass is 340 g/mol. The molecule has 0 spiro atoms. The Morgan fingerprint density at radius 2 is 2.00 bits per heavy atom. The van der Waals surface area contributed by atoms with Crippen molar-refractivity contribution in [2.45, 2.75) is 12.5 Å². The molecule has 0 aliphatic carbocycles. The minimum Gasteiger partial charge on any atom is -0.358 e. The first-order chi connectivity index (χ1) is 12.8. The lowest BCUT2D eigenvalue weighted by Gasteiger charge is -2.32. The smallest absolute Gasteiger partial charge is 0.0885 e. The first-order valence-corrected chi connectivity index (χ1v) is 8.93. The van der Waals surface area contributed by atoms with E-state index in [-0.39, 0.29) is 0 Å². The lowest BCUT2D eigenvalue weighted by atomic mass is 9.86. The van der Waals surface area contributed by atoms with Crippen molar-refractivity contribution in [3.63, 3.8) is 0 Å². The molecule has 26 heavy (non-hydrogen) atoms. The molecule has 0 radical (unpaired) electrons. The van der Waals surface area contributed by atoms with Gasteiger partial charge in [0.25, 0.3) is 0 Å². The fourth-order valence-electron chi connectivity index (χ4n) is 4.00. The van der Waals surface area contributed by atoms with E-state index in [0.29, 0.717) is 5.92 Å². The molecule has 0 amide bonds. The van der Waals surface area contributed by atoms with Gasteiger partial charge in [-0.2, -0.15) is 0 Å². The Morgan fingerprint density at radius 3 is 2.85 bits per heavy atom. The van der Waals surface area contributed by atoms with Crippen molar-refractivity contribution in [3.05, 3.63) is 83.9 Å². The Kier molecular flexibility index (Phi) is 3.57. The van der Waals surface area contributed by atoms with Gasteiger partial charge in [0.2, 0.25) is 0 Å². The summed E-state index contributed by atoms with van der Waals surface area (Å²) in [5.74, 6) is 0.354. The van der Waals surface area contributed by atoms with Gasteiger partial charge in [0.1, 0.15) is 0 Å². The molecule has 0 saturated heterocycles. The van der Waals surface area contributed by atoms with Crippen LogP contribution in [0.1, 0.15) is 22.7 Å². The van der Waals surface area contributed by atoms with Crippen LogP contribution in [-0.2, 0) is 6.54 Å². The highest BCUT2D eigenvalue weighted by atomic mass is 15.1. The third-order valence-corrected chi connectivity index (χ3v) is 5.24. The van der Waals surface area contributed by atoms with Crippen molar-refractivity contribution < 1.29 is 0 Å². The second-order valence-electron chi connectivity index (χ2n) is 7.07. The van der Waals surface area contributed by atoms with Crippen LogP contribution in [0, 0.1) is 0 Å². The normalized spacial score (nSPS) is 17.3. The summed E-state index contributed by atoms with van der Waals surface area (Å²) < 4.78 is 0. The minimum absolute atomic E-state index is 0.354. The van der Waals surface area contributed by atoms with Crippen molar-refractivity contribution in [3.8, 4) is 11.3 Å². The van der Waals surface area contributed by atoms with Gasteiger partial charge in [-0.3, -0.25) is 9.97 Å². The number of likely N-dealkylation sites (N-methyl/N-ethyl adjacent to an activating group) is 1. The molecular weight excluding hydrogens is 320 g/mol. The van der Waals surface area contributed by atoms with E-state index in [1.54, 1.807) is 12.4 Å².